The van der Waals surface area contributed by atoms with Crippen LogP contribution in [0.5, 0.6) is 11.5 Å². The van der Waals surface area contributed by atoms with Crippen LogP contribution in [0.2, 0.25) is 0 Å². The van der Waals surface area contributed by atoms with E-state index in [9.17, 15) is 0 Å². The quantitative estimate of drug-likeness (QED) is 0.793. The van der Waals surface area contributed by atoms with E-state index in [0.717, 1.165) is 45.8 Å². The summed E-state index contributed by atoms with van der Waals surface area (Å²) in [6.07, 6.45) is 4.53. The Balaban J connectivity index is 2.08. The Labute approximate surface area is 144 Å². The first-order valence-corrected chi connectivity index (χ1v) is 8.60. The van der Waals surface area contributed by atoms with Crippen molar-refractivity contribution < 1.29 is 9.47 Å². The van der Waals surface area contributed by atoms with Crippen molar-refractivity contribution in [1.82, 2.24) is 4.98 Å². The highest BCUT2D eigenvalue weighted by molar-refractivity contribution is 9.10. The second kappa shape index (κ2) is 7.13. The van der Waals surface area contributed by atoms with E-state index in [4.69, 9.17) is 14.5 Å². The molecule has 0 bridgehead atoms. The number of benzene rings is 1. The van der Waals surface area contributed by atoms with E-state index >= 15 is 0 Å². The fraction of sp³-hybridized carbons (Fsp3) is 0.333. The number of aromatic nitrogens is 1. The molecule has 5 heteroatoms. The Morgan fingerprint density at radius 3 is 2.48 bits per heavy atom. The summed E-state index contributed by atoms with van der Waals surface area (Å²) in [5.41, 5.74) is 4.31. The number of hydrogen-bond acceptors (Lipinski definition) is 4. The maximum atomic E-state index is 5.76. The molecule has 2 aromatic rings. The van der Waals surface area contributed by atoms with Crippen LogP contribution in [-0.4, -0.2) is 30.5 Å². The van der Waals surface area contributed by atoms with Gasteiger partial charge in [-0.05, 0) is 60.0 Å². The van der Waals surface area contributed by atoms with Gasteiger partial charge in [0.25, 0.3) is 0 Å². The van der Waals surface area contributed by atoms with Gasteiger partial charge in [0.05, 0.1) is 18.9 Å². The molecule has 0 unspecified atom stereocenters. The first-order chi connectivity index (χ1) is 11.2. The first kappa shape index (κ1) is 16.0. The van der Waals surface area contributed by atoms with Gasteiger partial charge < -0.3 is 9.47 Å². The zero-order chi connectivity index (χ0) is 16.2. The van der Waals surface area contributed by atoms with Crippen LogP contribution < -0.4 is 9.47 Å². The van der Waals surface area contributed by atoms with E-state index in [-0.39, 0.29) is 0 Å². The van der Waals surface area contributed by atoms with Crippen LogP contribution >= 0.6 is 15.9 Å². The summed E-state index contributed by atoms with van der Waals surface area (Å²) in [4.78, 5) is 8.97. The predicted octanol–water partition coefficient (Wildman–Crippen LogP) is 4.04. The molecule has 4 nitrogen and oxygen atoms in total. The number of hydrogen-bond donors (Lipinski definition) is 0. The number of nitrogens with zero attached hydrogens (tertiary/aromatic N) is 2. The summed E-state index contributed by atoms with van der Waals surface area (Å²) in [6.45, 7) is 5.95. The van der Waals surface area contributed by atoms with Crippen molar-refractivity contribution in [1.29, 1.82) is 0 Å². The van der Waals surface area contributed by atoms with E-state index in [1.165, 1.54) is 5.56 Å². The molecule has 1 aliphatic heterocycles. The summed E-state index contributed by atoms with van der Waals surface area (Å²) < 4.78 is 12.4. The van der Waals surface area contributed by atoms with Crippen molar-refractivity contribution in [2.45, 2.75) is 20.3 Å². The molecule has 2 heterocycles. The molecule has 0 fully saturated rings. The molecule has 0 spiro atoms. The normalized spacial score (nSPS) is 13.3. The Hall–Kier alpha value is -1.88. The van der Waals surface area contributed by atoms with Gasteiger partial charge in [-0.1, -0.05) is 0 Å². The van der Waals surface area contributed by atoms with Crippen molar-refractivity contribution in [2.75, 3.05) is 19.8 Å². The number of aliphatic imine (C=N–C) groups is 1. The van der Waals surface area contributed by atoms with Crippen LogP contribution in [0.1, 0.15) is 30.5 Å². The van der Waals surface area contributed by atoms with Crippen molar-refractivity contribution in [3.05, 3.63) is 51.8 Å². The molecule has 0 saturated heterocycles. The van der Waals surface area contributed by atoms with Crippen LogP contribution in [0.4, 0.5) is 0 Å². The Morgan fingerprint density at radius 2 is 1.78 bits per heavy atom. The highest BCUT2D eigenvalue weighted by Gasteiger charge is 2.20. The minimum atomic E-state index is 0.601. The smallest absolute Gasteiger partial charge is 0.161 e. The number of halogens is 1. The summed E-state index contributed by atoms with van der Waals surface area (Å²) >= 11 is 3.48. The average molecular weight is 375 g/mol. The van der Waals surface area contributed by atoms with Gasteiger partial charge in [0, 0.05) is 34.5 Å². The molecule has 0 atom stereocenters. The summed E-state index contributed by atoms with van der Waals surface area (Å²) in [5.74, 6) is 1.58. The maximum Gasteiger partial charge on any atom is 0.161 e. The van der Waals surface area contributed by atoms with Crippen LogP contribution in [0.3, 0.4) is 0 Å². The van der Waals surface area contributed by atoms with Gasteiger partial charge in [-0.3, -0.25) is 9.98 Å². The van der Waals surface area contributed by atoms with Crippen LogP contribution in [0.15, 0.2) is 40.1 Å². The van der Waals surface area contributed by atoms with Crippen LogP contribution in [0.25, 0.3) is 0 Å². The molecule has 3 rings (SSSR count). The fourth-order valence-electron chi connectivity index (χ4n) is 2.73. The molecule has 0 N–H and O–H groups in total. The zero-order valence-electron chi connectivity index (χ0n) is 13.3. The first-order valence-electron chi connectivity index (χ1n) is 7.81. The third kappa shape index (κ3) is 3.39. The lowest BCUT2D eigenvalue weighted by Crippen LogP contribution is -2.15. The molecule has 1 aromatic carbocycles. The van der Waals surface area contributed by atoms with Crippen molar-refractivity contribution in [3.63, 3.8) is 0 Å². The van der Waals surface area contributed by atoms with E-state index in [1.807, 2.05) is 32.2 Å². The molecular weight excluding hydrogens is 356 g/mol. The van der Waals surface area contributed by atoms with E-state index in [2.05, 4.69) is 27.0 Å². The fourth-order valence-corrected chi connectivity index (χ4v) is 3.09. The molecular formula is C18H19BrN2O2. The van der Waals surface area contributed by atoms with E-state index in [0.29, 0.717) is 13.2 Å². The molecule has 0 amide bonds. The lowest BCUT2D eigenvalue weighted by atomic mass is 9.93. The van der Waals surface area contributed by atoms with Gasteiger partial charge in [-0.25, -0.2) is 0 Å². The van der Waals surface area contributed by atoms with Gasteiger partial charge in [0.15, 0.2) is 11.5 Å². The monoisotopic (exact) mass is 374 g/mol. The standard InChI is InChI=1S/C18H19BrN2O2/c1-3-22-16-8-12-5-6-21-18(13-7-14(19)11-20-10-13)15(12)9-17(16)23-4-2/h7-11H,3-6H2,1-2H3. The van der Waals surface area contributed by atoms with Gasteiger partial charge in [0.2, 0.25) is 0 Å². The van der Waals surface area contributed by atoms with E-state index < -0.39 is 0 Å². The SMILES string of the molecule is CCOc1cc2c(cc1OCC)C(c1cncc(Br)c1)=NCC2. The van der Waals surface area contributed by atoms with Gasteiger partial charge >= 0.3 is 0 Å². The maximum absolute atomic E-state index is 5.76. The average Bonchev–Trinajstić information content (AvgIpc) is 2.55. The van der Waals surface area contributed by atoms with Crippen molar-refractivity contribution in [2.24, 2.45) is 4.99 Å². The largest absolute Gasteiger partial charge is 0.490 e. The lowest BCUT2D eigenvalue weighted by Gasteiger charge is -2.20. The summed E-state index contributed by atoms with van der Waals surface area (Å²) in [5, 5.41) is 0. The van der Waals surface area contributed by atoms with Crippen molar-refractivity contribution >= 4 is 21.6 Å². The molecule has 23 heavy (non-hydrogen) atoms. The molecule has 0 saturated carbocycles. The number of rotatable bonds is 5. The molecule has 1 aromatic heterocycles. The lowest BCUT2D eigenvalue weighted by molar-refractivity contribution is 0.287. The molecule has 0 radical (unpaired) electrons. The number of ether oxygens (including phenoxy) is 2. The van der Waals surface area contributed by atoms with Crippen LogP contribution in [0, 0.1) is 0 Å². The summed E-state index contributed by atoms with van der Waals surface area (Å²) in [7, 11) is 0. The highest BCUT2D eigenvalue weighted by Crippen LogP contribution is 2.34. The third-order valence-electron chi connectivity index (χ3n) is 3.65. The molecule has 1 aliphatic rings. The predicted molar refractivity (Wildman–Crippen MR) is 94.9 cm³/mol. The summed E-state index contributed by atoms with van der Waals surface area (Å²) in [6, 6.07) is 6.17. The number of fused-ring (bicyclic) bond motifs is 1. The van der Waals surface area contributed by atoms with Gasteiger partial charge in [-0.2, -0.15) is 0 Å². The highest BCUT2D eigenvalue weighted by atomic mass is 79.9. The Bertz CT molecular complexity index is 744. The van der Waals surface area contributed by atoms with Crippen LogP contribution in [-0.2, 0) is 6.42 Å². The van der Waals surface area contributed by atoms with E-state index in [1.54, 1.807) is 6.20 Å². The van der Waals surface area contributed by atoms with Crippen molar-refractivity contribution in [3.8, 4) is 11.5 Å². The third-order valence-corrected chi connectivity index (χ3v) is 4.09. The molecule has 0 aliphatic carbocycles. The second-order valence-electron chi connectivity index (χ2n) is 5.19. The minimum absolute atomic E-state index is 0.601. The second-order valence-corrected chi connectivity index (χ2v) is 6.11. The number of pyridine rings is 1. The minimum Gasteiger partial charge on any atom is -0.490 e. The van der Waals surface area contributed by atoms with Gasteiger partial charge in [-0.15, -0.1) is 0 Å². The Kier molecular flexibility index (Phi) is 4.96. The Morgan fingerprint density at radius 1 is 1.04 bits per heavy atom. The molecule has 120 valence electrons. The van der Waals surface area contributed by atoms with Gasteiger partial charge in [0.1, 0.15) is 0 Å². The topological polar surface area (TPSA) is 43.7 Å². The zero-order valence-corrected chi connectivity index (χ0v) is 14.9.